The molecular weight excluding hydrogens is 252 g/mol. The third kappa shape index (κ3) is 10.7. The standard InChI is InChI=1S/C12H26N2O3S/c1-11(2)9-13-12(3)10-14(4,5)7-6-8-18(15,16)17/h12-13H,1,6-10H2,2-5H3/p+1. The van der Waals surface area contributed by atoms with Crippen molar-refractivity contribution in [2.75, 3.05) is 39.5 Å². The molecule has 1 unspecified atom stereocenters. The van der Waals surface area contributed by atoms with Crippen LogP contribution in [0.3, 0.4) is 0 Å². The van der Waals surface area contributed by atoms with Crippen LogP contribution >= 0.6 is 0 Å². The number of nitrogens with one attached hydrogen (secondary N) is 1. The molecule has 2 N–H and O–H groups in total. The fourth-order valence-corrected chi connectivity index (χ4v) is 2.41. The third-order valence-corrected chi connectivity index (χ3v) is 3.49. The average Bonchev–Trinajstić information content (AvgIpc) is 2.11. The van der Waals surface area contributed by atoms with E-state index in [-0.39, 0.29) is 5.75 Å². The molecule has 0 saturated carbocycles. The molecule has 108 valence electrons. The topological polar surface area (TPSA) is 66.4 Å². The SMILES string of the molecule is C=C(C)CNC(C)C[N+](C)(C)CCCS(=O)(=O)O. The summed E-state index contributed by atoms with van der Waals surface area (Å²) in [5.41, 5.74) is 1.10. The van der Waals surface area contributed by atoms with Crippen molar-refractivity contribution in [1.29, 1.82) is 0 Å². The zero-order chi connectivity index (χ0) is 14.4. The Morgan fingerprint density at radius 3 is 2.44 bits per heavy atom. The van der Waals surface area contributed by atoms with Gasteiger partial charge in [0.25, 0.3) is 10.1 Å². The highest BCUT2D eigenvalue weighted by molar-refractivity contribution is 7.85. The number of rotatable bonds is 9. The van der Waals surface area contributed by atoms with Gasteiger partial charge in [-0.15, -0.1) is 0 Å². The molecule has 0 heterocycles. The lowest BCUT2D eigenvalue weighted by Crippen LogP contribution is -2.49. The van der Waals surface area contributed by atoms with E-state index in [1.165, 1.54) is 0 Å². The Kier molecular flexibility index (Phi) is 7.06. The van der Waals surface area contributed by atoms with E-state index in [9.17, 15) is 8.42 Å². The highest BCUT2D eigenvalue weighted by atomic mass is 32.2. The van der Waals surface area contributed by atoms with E-state index < -0.39 is 10.1 Å². The van der Waals surface area contributed by atoms with Gasteiger partial charge in [-0.1, -0.05) is 12.2 Å². The third-order valence-electron chi connectivity index (χ3n) is 2.69. The quantitative estimate of drug-likeness (QED) is 0.374. The van der Waals surface area contributed by atoms with Gasteiger partial charge in [-0.3, -0.25) is 4.55 Å². The second-order valence-electron chi connectivity index (χ2n) is 5.72. The van der Waals surface area contributed by atoms with Gasteiger partial charge in [-0.2, -0.15) is 8.42 Å². The summed E-state index contributed by atoms with van der Waals surface area (Å²) in [6.07, 6.45) is 0.471. The van der Waals surface area contributed by atoms with Gasteiger partial charge in [-0.05, 0) is 13.8 Å². The maximum absolute atomic E-state index is 10.6. The molecule has 0 aromatic heterocycles. The summed E-state index contributed by atoms with van der Waals surface area (Å²) >= 11 is 0. The highest BCUT2D eigenvalue weighted by Gasteiger charge is 2.19. The Morgan fingerprint density at radius 2 is 2.00 bits per heavy atom. The zero-order valence-electron chi connectivity index (χ0n) is 11.9. The van der Waals surface area contributed by atoms with Gasteiger partial charge in [0.05, 0.1) is 39.0 Å². The van der Waals surface area contributed by atoms with Crippen LogP contribution in [0.1, 0.15) is 20.3 Å². The Morgan fingerprint density at radius 1 is 1.44 bits per heavy atom. The zero-order valence-corrected chi connectivity index (χ0v) is 12.8. The summed E-state index contributed by atoms with van der Waals surface area (Å²) in [7, 11) is 0.283. The molecule has 0 aromatic carbocycles. The largest absolute Gasteiger partial charge is 0.327 e. The molecule has 0 fully saturated rings. The van der Waals surface area contributed by atoms with Crippen molar-refractivity contribution in [2.45, 2.75) is 26.3 Å². The molecule has 6 heteroatoms. The number of nitrogens with zero attached hydrogens (tertiary/aromatic N) is 1. The van der Waals surface area contributed by atoms with Crippen molar-refractivity contribution < 1.29 is 17.5 Å². The smallest absolute Gasteiger partial charge is 0.265 e. The minimum absolute atomic E-state index is 0.164. The number of hydrogen-bond acceptors (Lipinski definition) is 3. The molecule has 0 spiro atoms. The van der Waals surface area contributed by atoms with Crippen LogP contribution in [0, 0.1) is 0 Å². The van der Waals surface area contributed by atoms with Gasteiger partial charge in [0.15, 0.2) is 0 Å². The summed E-state index contributed by atoms with van der Waals surface area (Å²) in [5, 5.41) is 3.36. The van der Waals surface area contributed by atoms with E-state index >= 15 is 0 Å². The van der Waals surface area contributed by atoms with E-state index in [0.717, 1.165) is 29.7 Å². The first-order valence-electron chi connectivity index (χ1n) is 6.17. The number of quaternary nitrogens is 1. The van der Waals surface area contributed by atoms with E-state index in [2.05, 4.69) is 32.9 Å². The van der Waals surface area contributed by atoms with Crippen LogP contribution in [0.4, 0.5) is 0 Å². The average molecular weight is 279 g/mol. The molecule has 0 bridgehead atoms. The molecule has 0 aliphatic carbocycles. The molecule has 0 radical (unpaired) electrons. The first-order chi connectivity index (χ1) is 8.02. The fourth-order valence-electron chi connectivity index (χ4n) is 1.92. The molecule has 0 aliphatic heterocycles. The first-order valence-corrected chi connectivity index (χ1v) is 7.78. The molecule has 5 nitrogen and oxygen atoms in total. The fraction of sp³-hybridized carbons (Fsp3) is 0.833. The van der Waals surface area contributed by atoms with Gasteiger partial charge in [0.1, 0.15) is 0 Å². The van der Waals surface area contributed by atoms with Crippen LogP contribution in [-0.2, 0) is 10.1 Å². The molecule has 18 heavy (non-hydrogen) atoms. The van der Waals surface area contributed by atoms with Crippen LogP contribution in [0.15, 0.2) is 12.2 Å². The minimum atomic E-state index is -3.83. The van der Waals surface area contributed by atoms with E-state index in [1.807, 2.05) is 6.92 Å². The Hall–Kier alpha value is -0.430. The predicted molar refractivity (Wildman–Crippen MR) is 75.2 cm³/mol. The number of likely N-dealkylation sites (N-methyl/N-ethyl adjacent to an activating group) is 1. The first kappa shape index (κ1) is 17.6. The van der Waals surface area contributed by atoms with Gasteiger partial charge in [0.2, 0.25) is 0 Å². The highest BCUT2D eigenvalue weighted by Crippen LogP contribution is 2.03. The van der Waals surface area contributed by atoms with Crippen LogP contribution in [0.5, 0.6) is 0 Å². The van der Waals surface area contributed by atoms with Gasteiger partial charge in [0, 0.05) is 13.0 Å². The van der Waals surface area contributed by atoms with Crippen molar-refractivity contribution >= 4 is 10.1 Å². The molecule has 0 aliphatic rings. The summed E-state index contributed by atoms with van der Waals surface area (Å²) in [6.45, 7) is 10.3. The van der Waals surface area contributed by atoms with Crippen LogP contribution in [0.2, 0.25) is 0 Å². The predicted octanol–water partition coefficient (Wildman–Crippen LogP) is 0.895. The van der Waals surface area contributed by atoms with Crippen LogP contribution in [0.25, 0.3) is 0 Å². The molecule has 0 aromatic rings. The van der Waals surface area contributed by atoms with E-state index in [4.69, 9.17) is 4.55 Å². The lowest BCUT2D eigenvalue weighted by molar-refractivity contribution is -0.891. The summed E-state index contributed by atoms with van der Waals surface area (Å²) in [6, 6.07) is 0.336. The Labute approximate surface area is 111 Å². The maximum atomic E-state index is 10.6. The van der Waals surface area contributed by atoms with Gasteiger partial charge < -0.3 is 9.80 Å². The Bertz CT molecular complexity index is 364. The van der Waals surface area contributed by atoms with Gasteiger partial charge in [-0.25, -0.2) is 0 Å². The second-order valence-corrected chi connectivity index (χ2v) is 7.29. The van der Waals surface area contributed by atoms with Crippen LogP contribution < -0.4 is 5.32 Å². The van der Waals surface area contributed by atoms with E-state index in [0.29, 0.717) is 12.5 Å². The molecular formula is C12H27N2O3S+. The lowest BCUT2D eigenvalue weighted by Gasteiger charge is -2.32. The van der Waals surface area contributed by atoms with Crippen molar-refractivity contribution in [3.05, 3.63) is 12.2 Å². The molecule has 0 rings (SSSR count). The maximum Gasteiger partial charge on any atom is 0.265 e. The van der Waals surface area contributed by atoms with Crippen LogP contribution in [-0.4, -0.2) is 63.0 Å². The number of hydrogen-bond donors (Lipinski definition) is 2. The molecule has 0 amide bonds. The summed E-state index contributed by atoms with van der Waals surface area (Å²) in [4.78, 5) is 0. The summed E-state index contributed by atoms with van der Waals surface area (Å²) < 4.78 is 30.7. The molecule has 0 saturated heterocycles. The normalized spacial score (nSPS) is 14.5. The van der Waals surface area contributed by atoms with Crippen molar-refractivity contribution in [3.8, 4) is 0 Å². The Balaban J connectivity index is 4.02. The van der Waals surface area contributed by atoms with Crippen molar-refractivity contribution in [3.63, 3.8) is 0 Å². The van der Waals surface area contributed by atoms with Gasteiger partial charge >= 0.3 is 0 Å². The molecule has 1 atom stereocenters. The van der Waals surface area contributed by atoms with Crippen molar-refractivity contribution in [1.82, 2.24) is 5.32 Å². The monoisotopic (exact) mass is 279 g/mol. The second kappa shape index (κ2) is 7.23. The summed E-state index contributed by atoms with van der Waals surface area (Å²) in [5.74, 6) is -0.164. The van der Waals surface area contributed by atoms with E-state index in [1.54, 1.807) is 0 Å². The lowest BCUT2D eigenvalue weighted by atomic mass is 10.2. The minimum Gasteiger partial charge on any atom is -0.327 e. The van der Waals surface area contributed by atoms with Crippen molar-refractivity contribution in [2.24, 2.45) is 0 Å².